The molecule has 1 fully saturated rings. The normalized spacial score (nSPS) is 24.4. The lowest BCUT2D eigenvalue weighted by molar-refractivity contribution is 0.0717. The SMILES string of the molecule is Cc1cccc(C(=O)NC2CCCCC2O)c1. The summed E-state index contributed by atoms with van der Waals surface area (Å²) in [7, 11) is 0. The van der Waals surface area contributed by atoms with Crippen LogP contribution in [0.15, 0.2) is 24.3 Å². The van der Waals surface area contributed by atoms with E-state index in [0.717, 1.165) is 31.2 Å². The van der Waals surface area contributed by atoms with Crippen LogP contribution in [-0.4, -0.2) is 23.2 Å². The highest BCUT2D eigenvalue weighted by Gasteiger charge is 2.24. The first-order valence-electron chi connectivity index (χ1n) is 6.22. The molecule has 3 heteroatoms. The zero-order valence-corrected chi connectivity index (χ0v) is 10.1. The second-order valence-corrected chi connectivity index (χ2v) is 4.80. The van der Waals surface area contributed by atoms with Crippen LogP contribution in [0.4, 0.5) is 0 Å². The third kappa shape index (κ3) is 3.07. The molecule has 0 heterocycles. The van der Waals surface area contributed by atoms with Crippen LogP contribution >= 0.6 is 0 Å². The van der Waals surface area contributed by atoms with Gasteiger partial charge in [0.2, 0.25) is 0 Å². The average molecular weight is 233 g/mol. The summed E-state index contributed by atoms with van der Waals surface area (Å²) in [4.78, 5) is 12.0. The molecule has 0 radical (unpaired) electrons. The van der Waals surface area contributed by atoms with Crippen molar-refractivity contribution in [1.82, 2.24) is 5.32 Å². The summed E-state index contributed by atoms with van der Waals surface area (Å²) < 4.78 is 0. The molecule has 1 saturated carbocycles. The van der Waals surface area contributed by atoms with Gasteiger partial charge in [0, 0.05) is 5.56 Å². The number of aryl methyl sites for hydroxylation is 1. The topological polar surface area (TPSA) is 49.3 Å². The molecule has 0 aliphatic heterocycles. The lowest BCUT2D eigenvalue weighted by Gasteiger charge is -2.28. The van der Waals surface area contributed by atoms with Gasteiger partial charge in [-0.05, 0) is 31.9 Å². The van der Waals surface area contributed by atoms with Gasteiger partial charge >= 0.3 is 0 Å². The van der Waals surface area contributed by atoms with E-state index in [-0.39, 0.29) is 11.9 Å². The second kappa shape index (κ2) is 5.32. The predicted molar refractivity (Wildman–Crippen MR) is 66.9 cm³/mol. The second-order valence-electron chi connectivity index (χ2n) is 4.80. The Morgan fingerprint density at radius 1 is 1.35 bits per heavy atom. The van der Waals surface area contributed by atoms with Crippen molar-refractivity contribution in [3.8, 4) is 0 Å². The van der Waals surface area contributed by atoms with E-state index in [1.165, 1.54) is 0 Å². The number of hydrogen-bond acceptors (Lipinski definition) is 2. The molecule has 2 atom stereocenters. The molecule has 0 bridgehead atoms. The van der Waals surface area contributed by atoms with E-state index in [2.05, 4.69) is 5.32 Å². The maximum absolute atomic E-state index is 12.0. The third-order valence-electron chi connectivity index (χ3n) is 3.33. The van der Waals surface area contributed by atoms with Crippen molar-refractivity contribution in [2.45, 2.75) is 44.8 Å². The molecule has 2 unspecified atom stereocenters. The molecule has 3 nitrogen and oxygen atoms in total. The Bertz CT molecular complexity index is 403. The smallest absolute Gasteiger partial charge is 0.251 e. The van der Waals surface area contributed by atoms with E-state index in [1.807, 2.05) is 25.1 Å². The van der Waals surface area contributed by atoms with Crippen molar-refractivity contribution in [3.63, 3.8) is 0 Å². The maximum atomic E-state index is 12.0. The molecule has 0 saturated heterocycles. The number of carbonyl (C=O) groups is 1. The quantitative estimate of drug-likeness (QED) is 0.821. The van der Waals surface area contributed by atoms with Gasteiger partial charge in [0.15, 0.2) is 0 Å². The number of carbonyl (C=O) groups excluding carboxylic acids is 1. The molecule has 0 spiro atoms. The highest BCUT2D eigenvalue weighted by molar-refractivity contribution is 5.94. The highest BCUT2D eigenvalue weighted by atomic mass is 16.3. The summed E-state index contributed by atoms with van der Waals surface area (Å²) in [6, 6.07) is 7.42. The minimum Gasteiger partial charge on any atom is -0.391 e. The van der Waals surface area contributed by atoms with Gasteiger partial charge in [-0.1, -0.05) is 30.5 Å². The molecule has 92 valence electrons. The molecule has 1 aromatic rings. The van der Waals surface area contributed by atoms with Gasteiger partial charge in [0.25, 0.3) is 5.91 Å². The lowest BCUT2D eigenvalue weighted by atomic mass is 9.92. The zero-order valence-electron chi connectivity index (χ0n) is 10.1. The van der Waals surface area contributed by atoms with E-state index in [4.69, 9.17) is 0 Å². The van der Waals surface area contributed by atoms with Gasteiger partial charge < -0.3 is 10.4 Å². The molecule has 0 aromatic heterocycles. The summed E-state index contributed by atoms with van der Waals surface area (Å²) in [5.41, 5.74) is 1.74. The lowest BCUT2D eigenvalue weighted by Crippen LogP contribution is -2.45. The standard InChI is InChI=1S/C14H19NO2/c1-10-5-4-6-11(9-10)14(17)15-12-7-2-3-8-13(12)16/h4-6,9,12-13,16H,2-3,7-8H2,1H3,(H,15,17). The fourth-order valence-electron chi connectivity index (χ4n) is 2.32. The molecule has 1 aromatic carbocycles. The fraction of sp³-hybridized carbons (Fsp3) is 0.500. The van der Waals surface area contributed by atoms with E-state index < -0.39 is 6.10 Å². The largest absolute Gasteiger partial charge is 0.391 e. The Morgan fingerprint density at radius 2 is 2.12 bits per heavy atom. The summed E-state index contributed by atoms with van der Waals surface area (Å²) in [6.45, 7) is 1.96. The number of hydrogen-bond donors (Lipinski definition) is 2. The molecule has 17 heavy (non-hydrogen) atoms. The Balaban J connectivity index is 2.01. The Kier molecular flexibility index (Phi) is 3.79. The summed E-state index contributed by atoms with van der Waals surface area (Å²) in [6.07, 6.45) is 3.41. The van der Waals surface area contributed by atoms with Crippen molar-refractivity contribution in [3.05, 3.63) is 35.4 Å². The first-order valence-corrected chi connectivity index (χ1v) is 6.22. The third-order valence-corrected chi connectivity index (χ3v) is 3.33. The van der Waals surface area contributed by atoms with Gasteiger partial charge in [0.05, 0.1) is 12.1 Å². The van der Waals surface area contributed by atoms with Crippen LogP contribution in [0, 0.1) is 6.92 Å². The van der Waals surface area contributed by atoms with Crippen molar-refractivity contribution in [2.75, 3.05) is 0 Å². The van der Waals surface area contributed by atoms with Gasteiger partial charge in [-0.15, -0.1) is 0 Å². The molecule has 1 aliphatic rings. The van der Waals surface area contributed by atoms with Crippen LogP contribution in [0.1, 0.15) is 41.6 Å². The monoisotopic (exact) mass is 233 g/mol. The van der Waals surface area contributed by atoms with Crippen LogP contribution in [0.3, 0.4) is 0 Å². The number of aliphatic hydroxyl groups excluding tert-OH is 1. The van der Waals surface area contributed by atoms with E-state index in [1.54, 1.807) is 6.07 Å². The average Bonchev–Trinajstić information content (AvgIpc) is 2.32. The van der Waals surface area contributed by atoms with Crippen molar-refractivity contribution in [1.29, 1.82) is 0 Å². The Hall–Kier alpha value is -1.35. The van der Waals surface area contributed by atoms with Crippen molar-refractivity contribution < 1.29 is 9.90 Å². The van der Waals surface area contributed by atoms with Gasteiger partial charge in [0.1, 0.15) is 0 Å². The minimum absolute atomic E-state index is 0.0837. The number of nitrogens with one attached hydrogen (secondary N) is 1. The minimum atomic E-state index is -0.391. The van der Waals surface area contributed by atoms with E-state index in [9.17, 15) is 9.90 Å². The van der Waals surface area contributed by atoms with Crippen LogP contribution in [-0.2, 0) is 0 Å². The Labute approximate surface area is 102 Å². The van der Waals surface area contributed by atoms with Gasteiger partial charge in [-0.3, -0.25) is 4.79 Å². The maximum Gasteiger partial charge on any atom is 0.251 e. The highest BCUT2D eigenvalue weighted by Crippen LogP contribution is 2.18. The van der Waals surface area contributed by atoms with Crippen LogP contribution in [0.25, 0.3) is 0 Å². The molecule has 2 N–H and O–H groups in total. The van der Waals surface area contributed by atoms with E-state index >= 15 is 0 Å². The number of benzene rings is 1. The number of rotatable bonds is 2. The first kappa shape index (κ1) is 12.1. The zero-order chi connectivity index (χ0) is 12.3. The summed E-state index contributed by atoms with van der Waals surface area (Å²) in [5.74, 6) is -0.0837. The summed E-state index contributed by atoms with van der Waals surface area (Å²) >= 11 is 0. The molecule has 1 aliphatic carbocycles. The molecule has 1 amide bonds. The first-order chi connectivity index (χ1) is 8.16. The molecular weight excluding hydrogens is 214 g/mol. The predicted octanol–water partition coefficient (Wildman–Crippen LogP) is 2.03. The summed E-state index contributed by atoms with van der Waals surface area (Å²) in [5, 5.41) is 12.7. The number of amides is 1. The van der Waals surface area contributed by atoms with Crippen molar-refractivity contribution >= 4 is 5.91 Å². The molecular formula is C14H19NO2. The Morgan fingerprint density at radius 3 is 2.82 bits per heavy atom. The fourth-order valence-corrected chi connectivity index (χ4v) is 2.32. The number of aliphatic hydroxyl groups is 1. The van der Waals surface area contributed by atoms with Crippen LogP contribution in [0.2, 0.25) is 0 Å². The molecule has 2 rings (SSSR count). The van der Waals surface area contributed by atoms with Gasteiger partial charge in [-0.2, -0.15) is 0 Å². The van der Waals surface area contributed by atoms with Crippen molar-refractivity contribution in [2.24, 2.45) is 0 Å². The van der Waals surface area contributed by atoms with E-state index in [0.29, 0.717) is 5.56 Å². The van der Waals surface area contributed by atoms with Gasteiger partial charge in [-0.25, -0.2) is 0 Å². The van der Waals surface area contributed by atoms with Crippen LogP contribution < -0.4 is 5.32 Å². The van der Waals surface area contributed by atoms with Crippen LogP contribution in [0.5, 0.6) is 0 Å².